The number of aliphatic hydroxyl groups is 1. The lowest BCUT2D eigenvalue weighted by atomic mass is 9.95. The number of likely N-dealkylation sites (tertiary alicyclic amines) is 2. The maximum atomic E-state index is 13.3. The van der Waals surface area contributed by atoms with Crippen molar-refractivity contribution in [2.24, 2.45) is 16.2 Å². The molecule has 3 aliphatic carbocycles. The number of Topliss-reactive ketones (excluding diaryl/α,β-unsaturated/α-hetero) is 3. The van der Waals surface area contributed by atoms with Gasteiger partial charge in [0.05, 0.1) is 93.6 Å². The van der Waals surface area contributed by atoms with Crippen LogP contribution in [-0.4, -0.2) is 205 Å². The Balaban J connectivity index is 0.000000190. The SMILES string of the molecule is C=CCOC[C@@]12C[C@@H](C(=O)Cc3nc(Br)ccc3C=C)N(C(=O)OC(C)(C)C)[C@@H]1C2.C=CCOC[C@@]12C[C@@H](C(=O)Cc3nc(Br)ccc3C=C)N[C@@H]1C2.C=CCOC[C@@]12C[C@@H](C(=O)O)N(C(=O)OC(C)(C)C)[C@@H]1C2.C=Cc1ccc(Br)nc1N.CC(=O)c1nn(CC(=O)O)c2ccc(-c3cnc(C)nc3)cc12.Nc1nc(Br)ccc1C=O.Nc1nc(Br)ccc1CO. The number of aliphatic hydroxyl groups excluding tert-OH is 1. The van der Waals surface area contributed by atoms with Gasteiger partial charge in [0.1, 0.15) is 75.8 Å². The Morgan fingerprint density at radius 1 is 0.551 bits per heavy atom. The van der Waals surface area contributed by atoms with Gasteiger partial charge in [-0.05, 0) is 238 Å². The van der Waals surface area contributed by atoms with Crippen LogP contribution in [-0.2, 0) is 68.9 Å². The highest BCUT2D eigenvalue weighted by molar-refractivity contribution is 9.11. The number of piperidine rings is 3. The normalized spacial score (nSPS) is 20.3. The Morgan fingerprint density at radius 2 is 0.992 bits per heavy atom. The van der Waals surface area contributed by atoms with Crippen molar-refractivity contribution in [2.45, 2.75) is 167 Å². The first-order valence-electron chi connectivity index (χ1n) is 40.2. The van der Waals surface area contributed by atoms with Crippen LogP contribution in [0.5, 0.6) is 0 Å². The van der Waals surface area contributed by atoms with Gasteiger partial charge in [-0.15, -0.1) is 19.7 Å². The average Bonchev–Trinajstić information content (AvgIpc) is 1.54. The van der Waals surface area contributed by atoms with Gasteiger partial charge in [0, 0.05) is 75.8 Å². The topological polar surface area (TPSA) is 448 Å². The van der Waals surface area contributed by atoms with E-state index in [9.17, 15) is 43.5 Å². The van der Waals surface area contributed by atoms with Crippen LogP contribution < -0.4 is 22.5 Å². The van der Waals surface area contributed by atoms with Crippen molar-refractivity contribution in [3.8, 4) is 11.1 Å². The second-order valence-corrected chi connectivity index (χ2v) is 36.9. The highest BCUT2D eigenvalue weighted by atomic mass is 79.9. The molecule has 3 saturated heterocycles. The number of fused-ring (bicyclic) bond motifs is 4. The number of carbonyl (C=O) groups is 8. The molecule has 36 heteroatoms. The lowest BCUT2D eigenvalue weighted by Gasteiger charge is -2.29. The van der Waals surface area contributed by atoms with Gasteiger partial charge in [0.2, 0.25) is 0 Å². The molecule has 0 spiro atoms. The second-order valence-electron chi connectivity index (χ2n) is 32.8. The Hall–Kier alpha value is -10.3. The molecular formula is C91H106Br5N15O16. The van der Waals surface area contributed by atoms with Crippen molar-refractivity contribution in [3.63, 3.8) is 0 Å². The summed E-state index contributed by atoms with van der Waals surface area (Å²) in [5, 5.41) is 35.2. The molecule has 10 N–H and O–H groups in total. The van der Waals surface area contributed by atoms with Crippen LogP contribution in [0.3, 0.4) is 0 Å². The molecule has 31 nitrogen and oxygen atoms in total. The number of halogens is 5. The third-order valence-electron chi connectivity index (χ3n) is 21.1. The fraction of sp³-hybridized carbons (Fsp3) is 0.385. The molecule has 0 radical (unpaired) electrons. The monoisotopic (exact) mass is 2060 g/mol. The van der Waals surface area contributed by atoms with E-state index in [2.05, 4.69) is 164 Å². The number of aromatic nitrogens is 9. The van der Waals surface area contributed by atoms with Crippen molar-refractivity contribution < 1.29 is 77.4 Å². The number of hydrogen-bond acceptors (Lipinski definition) is 26. The van der Waals surface area contributed by atoms with Gasteiger partial charge < -0.3 is 61.5 Å². The summed E-state index contributed by atoms with van der Waals surface area (Å²) in [5.74, 6) is -0.272. The Kier molecular flexibility index (Phi) is 36.7. The molecule has 0 unspecified atom stereocenters. The third-order valence-corrected chi connectivity index (χ3v) is 23.3. The number of nitrogen functional groups attached to an aromatic ring is 3. The number of ketones is 3. The molecule has 10 heterocycles. The van der Waals surface area contributed by atoms with Crippen molar-refractivity contribution in [3.05, 3.63) is 223 Å². The molecule has 9 atom stereocenters. The van der Waals surface area contributed by atoms with Crippen molar-refractivity contribution in [1.82, 2.24) is 59.8 Å². The predicted octanol–water partition coefficient (Wildman–Crippen LogP) is 15.8. The number of nitrogens with two attached hydrogens (primary N) is 3. The summed E-state index contributed by atoms with van der Waals surface area (Å²) in [5.41, 5.74) is 22.4. The van der Waals surface area contributed by atoms with Gasteiger partial charge in [0.25, 0.3) is 0 Å². The molecule has 3 saturated carbocycles. The maximum absolute atomic E-state index is 13.3. The second kappa shape index (κ2) is 45.6. The number of hydrogen-bond donors (Lipinski definition) is 7. The third kappa shape index (κ3) is 28.4. The van der Waals surface area contributed by atoms with E-state index in [0.717, 1.165) is 68.4 Å². The molecule has 7 aromatic heterocycles. The quantitative estimate of drug-likeness (QED) is 0.00787. The summed E-state index contributed by atoms with van der Waals surface area (Å²) in [6.07, 6.45) is 18.3. The van der Waals surface area contributed by atoms with E-state index in [-0.39, 0.29) is 82.8 Å². The first-order chi connectivity index (χ1) is 60.0. The molecule has 6 fully saturated rings. The van der Waals surface area contributed by atoms with Crippen LogP contribution in [0.25, 0.3) is 40.3 Å². The average molecular weight is 2070 g/mol. The minimum atomic E-state index is -1.01. The minimum Gasteiger partial charge on any atom is -0.480 e. The highest BCUT2D eigenvalue weighted by Crippen LogP contribution is 2.61. The van der Waals surface area contributed by atoms with Crippen molar-refractivity contribution >= 4 is 174 Å². The lowest BCUT2D eigenvalue weighted by Crippen LogP contribution is -2.46. The fourth-order valence-electron chi connectivity index (χ4n) is 14.7. The number of amides is 2. The summed E-state index contributed by atoms with van der Waals surface area (Å²) in [6.45, 7) is 38.8. The molecule has 3 aliphatic heterocycles. The van der Waals surface area contributed by atoms with Gasteiger partial charge in [-0.25, -0.2) is 49.3 Å². The van der Waals surface area contributed by atoms with E-state index in [1.165, 1.54) is 16.5 Å². The van der Waals surface area contributed by atoms with Crippen LogP contribution in [0.2, 0.25) is 0 Å². The zero-order valence-electron chi connectivity index (χ0n) is 71.9. The first kappa shape index (κ1) is 102. The summed E-state index contributed by atoms with van der Waals surface area (Å²) in [7, 11) is 0. The van der Waals surface area contributed by atoms with Crippen LogP contribution in [0, 0.1) is 23.2 Å². The van der Waals surface area contributed by atoms with Crippen LogP contribution in [0.4, 0.5) is 27.0 Å². The largest absolute Gasteiger partial charge is 0.480 e. The van der Waals surface area contributed by atoms with E-state index in [0.29, 0.717) is 130 Å². The zero-order chi connectivity index (χ0) is 93.6. The Bertz CT molecular complexity index is 5340. The molecule has 2 amide bonds. The maximum Gasteiger partial charge on any atom is 0.411 e. The molecule has 6 aliphatic rings. The van der Waals surface area contributed by atoms with Gasteiger partial charge in [0.15, 0.2) is 23.6 Å². The number of aliphatic carboxylic acids is 2. The number of carboxylic acids is 2. The number of pyridine rings is 5. The molecule has 8 aromatic rings. The van der Waals surface area contributed by atoms with Gasteiger partial charge in [-0.2, -0.15) is 5.10 Å². The number of nitrogens with one attached hydrogen (secondary N) is 1. The number of anilines is 3. The standard InChI is InChI=1S/C23H29BrN2O4.C18H21BrN2O2.C16H14N4O3.C15H23NO5.C7H7BrN2.C6H7BrN2O.C6H5BrN2O/c1-6-10-29-14-23-12-17(26(19(23)13-23)21(28)30-22(3,4)5)18(27)11-16-15(7-2)8-9-20(24)25-16;1-3-7-23-11-18-9-14(20-16(18)10-18)15(22)8-13-12(4-2)5-6-17(19)21-13;1-9(21)16-13-5-11(12-6-17-10(2)18-7-12)3-4-14(13)20(19-16)8-15(22)23;1-5-6-20-9-15-7-10(12(17)18)16(11(15)8-15)13(19)21-14(2,3)4;1-2-5-3-4-6(8)10-7(5)9;2*7-5-2-1-4(3-10)6(8)9-5/h6-9,17,19H,1-2,10-14H2,3-5H3;3-6,14,16,20H,1-2,7-11H2;3-7H,8H2,1-2H3,(H,22,23);5,10-11H,1,6-9H2,2-4H3,(H,17,18);2-4H,1H2,(H2,9,10);1-2,10H,3H2,(H2,8,9);1-3H,(H2,8,9)/t17-,19+,23-;14-,16+,18-;;10-,11+,15-;;;/m00.0.../s1. The van der Waals surface area contributed by atoms with Crippen LogP contribution >= 0.6 is 79.6 Å². The van der Waals surface area contributed by atoms with E-state index < -0.39 is 47.4 Å². The number of aldehydes is 1. The number of rotatable bonds is 28. The summed E-state index contributed by atoms with van der Waals surface area (Å²) >= 11 is 16.2. The van der Waals surface area contributed by atoms with Gasteiger partial charge >= 0.3 is 24.1 Å². The van der Waals surface area contributed by atoms with E-state index in [1.807, 2.05) is 69.3 Å². The number of ether oxygens (including phenoxy) is 5. The van der Waals surface area contributed by atoms with Crippen molar-refractivity contribution in [2.75, 3.05) is 56.8 Å². The first-order valence-corrected chi connectivity index (χ1v) is 44.2. The molecule has 127 heavy (non-hydrogen) atoms. The lowest BCUT2D eigenvalue weighted by molar-refractivity contribution is -0.143. The zero-order valence-corrected chi connectivity index (χ0v) is 79.8. The Labute approximate surface area is 779 Å². The number of carbonyl (C=O) groups excluding carboxylic acids is 6. The molecule has 0 bridgehead atoms. The predicted molar refractivity (Wildman–Crippen MR) is 503 cm³/mol. The Morgan fingerprint density at radius 3 is 1.43 bits per heavy atom. The fourth-order valence-corrected chi connectivity index (χ4v) is 16.4. The van der Waals surface area contributed by atoms with Gasteiger partial charge in [-0.3, -0.25) is 38.5 Å². The summed E-state index contributed by atoms with van der Waals surface area (Å²) < 4.78 is 32.5. The van der Waals surface area contributed by atoms with Crippen LogP contribution in [0.1, 0.15) is 147 Å². The number of benzene rings is 1. The molecule has 676 valence electrons. The van der Waals surface area contributed by atoms with Crippen molar-refractivity contribution in [1.29, 1.82) is 0 Å². The molecular weight excluding hydrogens is 1960 g/mol. The number of carboxylic acid groups (broad SMARTS) is 2. The molecule has 14 rings (SSSR count). The van der Waals surface area contributed by atoms with Crippen LogP contribution in [0.15, 0.2) is 172 Å². The minimum absolute atomic E-state index is 0.0412. The summed E-state index contributed by atoms with van der Waals surface area (Å²) in [6, 6.07) is 22.1. The van der Waals surface area contributed by atoms with E-state index >= 15 is 0 Å². The highest BCUT2D eigenvalue weighted by Gasteiger charge is 2.69. The van der Waals surface area contributed by atoms with Gasteiger partial charge in [-0.1, -0.05) is 80.5 Å². The smallest absolute Gasteiger partial charge is 0.411 e. The number of aryl methyl sites for hydroxylation is 1. The van der Waals surface area contributed by atoms with E-state index in [1.54, 1.807) is 112 Å². The summed E-state index contributed by atoms with van der Waals surface area (Å²) in [4.78, 5) is 127. The number of nitrogens with zero attached hydrogens (tertiary/aromatic N) is 11. The molecule has 1 aromatic carbocycles. The van der Waals surface area contributed by atoms with E-state index in [4.69, 9.17) is 51.1 Å².